The van der Waals surface area contributed by atoms with Crippen LogP contribution < -0.4 is 4.90 Å². The Morgan fingerprint density at radius 3 is 2.86 bits per heavy atom. The molecule has 0 N–H and O–H groups in total. The minimum absolute atomic E-state index is 0.553. The highest BCUT2D eigenvalue weighted by Crippen LogP contribution is 2.28. The van der Waals surface area contributed by atoms with Gasteiger partial charge in [0, 0.05) is 6.54 Å². The van der Waals surface area contributed by atoms with Crippen LogP contribution in [0.4, 0.5) is 10.1 Å². The van der Waals surface area contributed by atoms with E-state index in [4.69, 9.17) is 5.26 Å². The van der Waals surface area contributed by atoms with Crippen LogP contribution in [0.3, 0.4) is 0 Å². The summed E-state index contributed by atoms with van der Waals surface area (Å²) in [5.74, 6) is 0. The van der Waals surface area contributed by atoms with Crippen molar-refractivity contribution in [3.63, 3.8) is 0 Å². The average Bonchev–Trinajstić information content (AvgIpc) is 2.64. The largest absolute Gasteiger partial charge is 0.341 e. The summed E-state index contributed by atoms with van der Waals surface area (Å²) in [5.41, 5.74) is 1.28. The molecule has 1 heterocycles. The zero-order valence-corrected chi connectivity index (χ0v) is 7.78. The average molecular weight is 190 g/mol. The maximum atomic E-state index is 13.4. The summed E-state index contributed by atoms with van der Waals surface area (Å²) in [7, 11) is 0. The molecule has 3 heteroatoms. The Balaban J connectivity index is 2.36. The molecule has 1 atom stereocenters. The number of halogens is 1. The highest BCUT2D eigenvalue weighted by atomic mass is 19.1. The van der Waals surface area contributed by atoms with Gasteiger partial charge in [-0.25, -0.2) is 4.39 Å². The van der Waals surface area contributed by atoms with Gasteiger partial charge in [-0.2, -0.15) is 5.26 Å². The Kier molecular flexibility index (Phi) is 2.36. The number of nitriles is 1. The van der Waals surface area contributed by atoms with E-state index in [0.717, 1.165) is 12.1 Å². The van der Waals surface area contributed by atoms with E-state index < -0.39 is 6.30 Å². The molecule has 1 aliphatic rings. The lowest BCUT2D eigenvalue weighted by molar-refractivity contribution is 0.345. The molecule has 0 aromatic heterocycles. The molecule has 72 valence electrons. The van der Waals surface area contributed by atoms with Crippen LogP contribution in [0.1, 0.15) is 18.4 Å². The lowest BCUT2D eigenvalue weighted by atomic mass is 10.2. The summed E-state index contributed by atoms with van der Waals surface area (Å²) in [6, 6.07) is 9.24. The minimum Gasteiger partial charge on any atom is -0.341 e. The van der Waals surface area contributed by atoms with Crippen molar-refractivity contribution in [2.75, 3.05) is 11.4 Å². The molecule has 1 unspecified atom stereocenters. The highest BCUT2D eigenvalue weighted by Gasteiger charge is 2.25. The fourth-order valence-electron chi connectivity index (χ4n) is 1.82. The molecular weight excluding hydrogens is 179 g/mol. The van der Waals surface area contributed by atoms with Gasteiger partial charge in [0.25, 0.3) is 0 Å². The Labute approximate surface area is 82.6 Å². The number of hydrogen-bond acceptors (Lipinski definition) is 2. The molecule has 1 aliphatic heterocycles. The predicted molar refractivity (Wildman–Crippen MR) is 52.6 cm³/mol. The standard InChI is InChI=1S/C11H11FN2/c12-11-6-3-7-14(11)10-5-2-1-4-9(10)8-13/h1-2,4-5,11H,3,6-7H2. The second-order valence-electron chi connectivity index (χ2n) is 3.40. The summed E-state index contributed by atoms with van der Waals surface area (Å²) in [4.78, 5) is 1.67. The van der Waals surface area contributed by atoms with Crippen LogP contribution in [0, 0.1) is 11.3 Å². The summed E-state index contributed by atoms with van der Waals surface area (Å²) < 4.78 is 13.4. The molecule has 2 rings (SSSR count). The number of benzene rings is 1. The summed E-state index contributed by atoms with van der Waals surface area (Å²) in [6.07, 6.45) is 0.505. The Morgan fingerprint density at radius 1 is 1.43 bits per heavy atom. The first kappa shape index (κ1) is 9.01. The zero-order chi connectivity index (χ0) is 9.97. The van der Waals surface area contributed by atoms with Crippen molar-refractivity contribution in [1.82, 2.24) is 0 Å². The van der Waals surface area contributed by atoms with Crippen molar-refractivity contribution in [2.24, 2.45) is 0 Å². The minimum atomic E-state index is -0.926. The first-order valence-corrected chi connectivity index (χ1v) is 4.73. The van der Waals surface area contributed by atoms with Gasteiger partial charge in [-0.3, -0.25) is 0 Å². The third-order valence-electron chi connectivity index (χ3n) is 2.51. The molecule has 2 nitrogen and oxygen atoms in total. The monoisotopic (exact) mass is 190 g/mol. The van der Waals surface area contributed by atoms with Crippen LogP contribution in [0.25, 0.3) is 0 Å². The van der Waals surface area contributed by atoms with E-state index in [-0.39, 0.29) is 0 Å². The molecule has 1 fully saturated rings. The normalized spacial score (nSPS) is 20.9. The molecule has 1 aromatic rings. The van der Waals surface area contributed by atoms with Crippen LogP contribution in [0.2, 0.25) is 0 Å². The second kappa shape index (κ2) is 3.67. The third kappa shape index (κ3) is 1.44. The van der Waals surface area contributed by atoms with Gasteiger partial charge in [0.05, 0.1) is 11.3 Å². The maximum absolute atomic E-state index is 13.4. The van der Waals surface area contributed by atoms with E-state index >= 15 is 0 Å². The van der Waals surface area contributed by atoms with Crippen LogP contribution in [0.15, 0.2) is 24.3 Å². The van der Waals surface area contributed by atoms with E-state index in [1.165, 1.54) is 0 Å². The van der Waals surface area contributed by atoms with Crippen LogP contribution in [-0.2, 0) is 0 Å². The zero-order valence-electron chi connectivity index (χ0n) is 7.78. The van der Waals surface area contributed by atoms with Crippen molar-refractivity contribution < 1.29 is 4.39 Å². The molecule has 14 heavy (non-hydrogen) atoms. The van der Waals surface area contributed by atoms with Gasteiger partial charge in [-0.1, -0.05) is 12.1 Å². The van der Waals surface area contributed by atoms with Gasteiger partial charge in [-0.05, 0) is 25.0 Å². The Morgan fingerprint density at radius 2 is 2.21 bits per heavy atom. The number of alkyl halides is 1. The fraction of sp³-hybridized carbons (Fsp3) is 0.364. The van der Waals surface area contributed by atoms with Gasteiger partial charge in [0.15, 0.2) is 6.30 Å². The van der Waals surface area contributed by atoms with Gasteiger partial charge < -0.3 is 4.90 Å². The molecule has 0 amide bonds. The van der Waals surface area contributed by atoms with Crippen molar-refractivity contribution in [3.8, 4) is 6.07 Å². The molecule has 1 saturated heterocycles. The SMILES string of the molecule is N#Cc1ccccc1N1CCCC1F. The lowest BCUT2D eigenvalue weighted by Crippen LogP contribution is -2.25. The quantitative estimate of drug-likeness (QED) is 0.636. The lowest BCUT2D eigenvalue weighted by Gasteiger charge is -2.21. The first-order valence-electron chi connectivity index (χ1n) is 4.73. The predicted octanol–water partition coefficient (Wildman–Crippen LogP) is 2.45. The first-order chi connectivity index (χ1) is 6.83. The molecule has 0 spiro atoms. The highest BCUT2D eigenvalue weighted by molar-refractivity contribution is 5.59. The summed E-state index contributed by atoms with van der Waals surface area (Å²) in [5, 5.41) is 8.87. The van der Waals surface area contributed by atoms with Crippen molar-refractivity contribution in [3.05, 3.63) is 29.8 Å². The molecule has 0 saturated carbocycles. The van der Waals surface area contributed by atoms with E-state index in [9.17, 15) is 4.39 Å². The van der Waals surface area contributed by atoms with Crippen molar-refractivity contribution in [1.29, 1.82) is 5.26 Å². The summed E-state index contributed by atoms with van der Waals surface area (Å²) >= 11 is 0. The molecule has 0 aliphatic carbocycles. The third-order valence-corrected chi connectivity index (χ3v) is 2.51. The molecular formula is C11H11FN2. The van der Waals surface area contributed by atoms with Crippen LogP contribution >= 0.6 is 0 Å². The van der Waals surface area contributed by atoms with E-state index in [1.54, 1.807) is 23.1 Å². The van der Waals surface area contributed by atoms with Crippen molar-refractivity contribution >= 4 is 5.69 Å². The maximum Gasteiger partial charge on any atom is 0.172 e. The van der Waals surface area contributed by atoms with Crippen LogP contribution in [-0.4, -0.2) is 12.8 Å². The number of nitrogens with zero attached hydrogens (tertiary/aromatic N) is 2. The number of rotatable bonds is 1. The fourth-order valence-corrected chi connectivity index (χ4v) is 1.82. The van der Waals surface area contributed by atoms with Crippen molar-refractivity contribution in [2.45, 2.75) is 19.1 Å². The second-order valence-corrected chi connectivity index (χ2v) is 3.40. The van der Waals surface area contributed by atoms with E-state index in [1.807, 2.05) is 6.07 Å². The Bertz CT molecular complexity index is 370. The summed E-state index contributed by atoms with van der Waals surface area (Å²) in [6.45, 7) is 0.708. The number of anilines is 1. The molecule has 0 bridgehead atoms. The molecule has 0 radical (unpaired) electrons. The molecule has 1 aromatic carbocycles. The van der Waals surface area contributed by atoms with Gasteiger partial charge in [0.1, 0.15) is 6.07 Å². The topological polar surface area (TPSA) is 27.0 Å². The van der Waals surface area contributed by atoms with Gasteiger partial charge in [-0.15, -0.1) is 0 Å². The van der Waals surface area contributed by atoms with E-state index in [0.29, 0.717) is 18.5 Å². The number of para-hydroxylation sites is 1. The smallest absolute Gasteiger partial charge is 0.172 e. The number of hydrogen-bond donors (Lipinski definition) is 0. The van der Waals surface area contributed by atoms with Gasteiger partial charge >= 0.3 is 0 Å². The van der Waals surface area contributed by atoms with Gasteiger partial charge in [0.2, 0.25) is 0 Å². The van der Waals surface area contributed by atoms with Crippen LogP contribution in [0.5, 0.6) is 0 Å². The Hall–Kier alpha value is -1.56. The van der Waals surface area contributed by atoms with E-state index in [2.05, 4.69) is 6.07 Å².